The smallest absolute Gasteiger partial charge is 0.279 e. The second kappa shape index (κ2) is 7.34. The maximum absolute atomic E-state index is 9.62. The Morgan fingerprint density at radius 2 is 1.62 bits per heavy atom. The second-order valence-corrected chi connectivity index (χ2v) is 7.72. The van der Waals surface area contributed by atoms with Crippen molar-refractivity contribution in [3.63, 3.8) is 0 Å². The molecule has 0 aliphatic heterocycles. The first-order chi connectivity index (χ1) is 11.5. The number of nitrogens with zero attached hydrogens (tertiary/aromatic N) is 1. The molecule has 0 spiro atoms. The highest BCUT2D eigenvalue weighted by Crippen LogP contribution is 2.38. The number of hydrogen-bond acceptors (Lipinski definition) is 6. The molecule has 2 heterocycles. The molecule has 2 aromatic heterocycles. The van der Waals surface area contributed by atoms with Gasteiger partial charge in [-0.1, -0.05) is 11.3 Å². The standard InChI is InChI=1S/C18H19NO3S2/c1-11(2)21-13-4-6-14(7-5-13)22-18-19-10-17(24-18)16-9-8-15(23-16)12(3)20/h4-12,20H,1-3H3. The minimum Gasteiger partial charge on any atom is -0.491 e. The van der Waals surface area contributed by atoms with Crippen molar-refractivity contribution in [1.29, 1.82) is 0 Å². The molecule has 24 heavy (non-hydrogen) atoms. The highest BCUT2D eigenvalue weighted by Gasteiger charge is 2.11. The molecule has 1 unspecified atom stereocenters. The number of hydrogen-bond donors (Lipinski definition) is 1. The van der Waals surface area contributed by atoms with Crippen LogP contribution in [0.15, 0.2) is 42.6 Å². The molecule has 0 bridgehead atoms. The first-order valence-electron chi connectivity index (χ1n) is 7.70. The number of aliphatic hydroxyl groups is 1. The van der Waals surface area contributed by atoms with E-state index in [2.05, 4.69) is 4.98 Å². The van der Waals surface area contributed by atoms with E-state index in [9.17, 15) is 5.11 Å². The van der Waals surface area contributed by atoms with Crippen LogP contribution in [0.2, 0.25) is 0 Å². The lowest BCUT2D eigenvalue weighted by atomic mass is 10.3. The zero-order valence-electron chi connectivity index (χ0n) is 13.7. The van der Waals surface area contributed by atoms with E-state index in [1.807, 2.05) is 50.2 Å². The van der Waals surface area contributed by atoms with Crippen LogP contribution in [0, 0.1) is 0 Å². The Hall–Kier alpha value is -1.89. The average molecular weight is 361 g/mol. The molecule has 1 atom stereocenters. The SMILES string of the molecule is CC(C)Oc1ccc(Oc2ncc(-c3ccc(C(C)O)s3)s2)cc1. The predicted molar refractivity (Wildman–Crippen MR) is 98.3 cm³/mol. The Morgan fingerprint density at radius 3 is 2.25 bits per heavy atom. The van der Waals surface area contributed by atoms with E-state index in [-0.39, 0.29) is 6.10 Å². The number of benzene rings is 1. The van der Waals surface area contributed by atoms with Crippen molar-refractivity contribution in [3.05, 3.63) is 47.5 Å². The Balaban J connectivity index is 1.69. The van der Waals surface area contributed by atoms with E-state index in [4.69, 9.17) is 9.47 Å². The maximum atomic E-state index is 9.62. The molecule has 0 radical (unpaired) electrons. The van der Waals surface area contributed by atoms with E-state index in [0.717, 1.165) is 26.1 Å². The zero-order valence-corrected chi connectivity index (χ0v) is 15.4. The highest BCUT2D eigenvalue weighted by molar-refractivity contribution is 7.22. The van der Waals surface area contributed by atoms with Crippen LogP contribution in [0.1, 0.15) is 31.8 Å². The summed E-state index contributed by atoms with van der Waals surface area (Å²) < 4.78 is 11.4. The van der Waals surface area contributed by atoms with Gasteiger partial charge in [0.1, 0.15) is 11.5 Å². The van der Waals surface area contributed by atoms with Crippen molar-refractivity contribution in [2.45, 2.75) is 33.0 Å². The van der Waals surface area contributed by atoms with Crippen LogP contribution in [0.4, 0.5) is 0 Å². The number of rotatable bonds is 6. The molecule has 0 aliphatic rings. The Bertz CT molecular complexity index is 791. The van der Waals surface area contributed by atoms with Gasteiger partial charge < -0.3 is 14.6 Å². The molecule has 1 N–H and O–H groups in total. The summed E-state index contributed by atoms with van der Waals surface area (Å²) in [5.41, 5.74) is 0. The van der Waals surface area contributed by atoms with Gasteiger partial charge in [-0.2, -0.15) is 0 Å². The van der Waals surface area contributed by atoms with Gasteiger partial charge >= 0.3 is 0 Å². The third-order valence-electron chi connectivity index (χ3n) is 3.17. The fourth-order valence-electron chi connectivity index (χ4n) is 2.09. The van der Waals surface area contributed by atoms with Gasteiger partial charge in [0.05, 0.1) is 23.3 Å². The fourth-order valence-corrected chi connectivity index (χ4v) is 3.89. The number of thiophene rings is 1. The predicted octanol–water partition coefficient (Wildman–Crippen LogP) is 5.50. The first kappa shape index (κ1) is 17.0. The Kier molecular flexibility index (Phi) is 5.18. The number of thiazole rings is 1. The topological polar surface area (TPSA) is 51.6 Å². The van der Waals surface area contributed by atoms with Crippen molar-refractivity contribution >= 4 is 22.7 Å². The van der Waals surface area contributed by atoms with E-state index in [1.165, 1.54) is 11.3 Å². The van der Waals surface area contributed by atoms with Gasteiger partial charge in [0.15, 0.2) is 0 Å². The number of aliphatic hydroxyl groups excluding tert-OH is 1. The van der Waals surface area contributed by atoms with Gasteiger partial charge in [-0.3, -0.25) is 0 Å². The van der Waals surface area contributed by atoms with Crippen LogP contribution in [-0.4, -0.2) is 16.2 Å². The largest absolute Gasteiger partial charge is 0.491 e. The lowest BCUT2D eigenvalue weighted by Gasteiger charge is -2.09. The van der Waals surface area contributed by atoms with Crippen LogP contribution < -0.4 is 9.47 Å². The molecular formula is C18H19NO3S2. The lowest BCUT2D eigenvalue weighted by Crippen LogP contribution is -2.05. The summed E-state index contributed by atoms with van der Waals surface area (Å²) >= 11 is 3.05. The Morgan fingerprint density at radius 1 is 0.917 bits per heavy atom. The van der Waals surface area contributed by atoms with Crippen molar-refractivity contribution in [3.8, 4) is 26.4 Å². The molecular weight excluding hydrogens is 342 g/mol. The summed E-state index contributed by atoms with van der Waals surface area (Å²) in [6.45, 7) is 5.76. The van der Waals surface area contributed by atoms with Gasteiger partial charge in [-0.15, -0.1) is 11.3 Å². The van der Waals surface area contributed by atoms with Gasteiger partial charge in [0.2, 0.25) is 0 Å². The monoisotopic (exact) mass is 361 g/mol. The van der Waals surface area contributed by atoms with Crippen molar-refractivity contribution in [2.75, 3.05) is 0 Å². The third kappa shape index (κ3) is 4.14. The van der Waals surface area contributed by atoms with Gasteiger partial charge in [-0.25, -0.2) is 4.98 Å². The molecule has 0 amide bonds. The van der Waals surface area contributed by atoms with E-state index >= 15 is 0 Å². The molecule has 3 aromatic rings. The highest BCUT2D eigenvalue weighted by atomic mass is 32.1. The van der Waals surface area contributed by atoms with Crippen molar-refractivity contribution in [2.24, 2.45) is 0 Å². The second-order valence-electron chi connectivity index (χ2n) is 5.61. The van der Waals surface area contributed by atoms with Crippen LogP contribution in [0.25, 0.3) is 9.75 Å². The summed E-state index contributed by atoms with van der Waals surface area (Å²) in [6.07, 6.45) is 1.50. The van der Waals surface area contributed by atoms with Gasteiger partial charge in [-0.05, 0) is 57.2 Å². The minimum absolute atomic E-state index is 0.149. The molecule has 0 saturated carbocycles. The van der Waals surface area contributed by atoms with Crippen molar-refractivity contribution in [1.82, 2.24) is 4.98 Å². The lowest BCUT2D eigenvalue weighted by molar-refractivity contribution is 0.203. The number of ether oxygens (including phenoxy) is 2. The summed E-state index contributed by atoms with van der Waals surface area (Å²) in [7, 11) is 0. The third-order valence-corrected chi connectivity index (χ3v) is 5.49. The van der Waals surface area contributed by atoms with E-state index in [1.54, 1.807) is 24.5 Å². The van der Waals surface area contributed by atoms with Crippen LogP contribution in [-0.2, 0) is 0 Å². The minimum atomic E-state index is -0.445. The summed E-state index contributed by atoms with van der Waals surface area (Å²) in [6, 6.07) is 11.5. The summed E-state index contributed by atoms with van der Waals surface area (Å²) in [5.74, 6) is 1.55. The quantitative estimate of drug-likeness (QED) is 0.629. The summed E-state index contributed by atoms with van der Waals surface area (Å²) in [5, 5.41) is 10.2. The Labute approximate surface area is 149 Å². The van der Waals surface area contributed by atoms with E-state index in [0.29, 0.717) is 5.19 Å². The fraction of sp³-hybridized carbons (Fsp3) is 0.278. The van der Waals surface area contributed by atoms with Crippen LogP contribution in [0.5, 0.6) is 16.7 Å². The first-order valence-corrected chi connectivity index (χ1v) is 9.33. The van der Waals surface area contributed by atoms with Gasteiger partial charge in [0.25, 0.3) is 5.19 Å². The molecule has 0 fully saturated rings. The zero-order chi connectivity index (χ0) is 17.1. The van der Waals surface area contributed by atoms with Crippen LogP contribution >= 0.6 is 22.7 Å². The van der Waals surface area contributed by atoms with E-state index < -0.39 is 6.10 Å². The van der Waals surface area contributed by atoms with Crippen molar-refractivity contribution < 1.29 is 14.6 Å². The molecule has 6 heteroatoms. The molecule has 3 rings (SSSR count). The summed E-state index contributed by atoms with van der Waals surface area (Å²) in [4.78, 5) is 7.38. The molecule has 0 aliphatic carbocycles. The normalized spacial score (nSPS) is 12.4. The average Bonchev–Trinajstić information content (AvgIpc) is 3.17. The van der Waals surface area contributed by atoms with Crippen LogP contribution in [0.3, 0.4) is 0 Å². The van der Waals surface area contributed by atoms with Gasteiger partial charge in [0, 0.05) is 9.75 Å². The molecule has 126 valence electrons. The molecule has 4 nitrogen and oxygen atoms in total. The number of aromatic nitrogens is 1. The maximum Gasteiger partial charge on any atom is 0.279 e. The molecule has 1 aromatic carbocycles. The molecule has 0 saturated heterocycles.